The van der Waals surface area contributed by atoms with Crippen LogP contribution in [0.2, 0.25) is 0 Å². The van der Waals surface area contributed by atoms with E-state index in [1.165, 1.54) is 5.56 Å². The molecule has 2 aromatic rings. The Bertz CT molecular complexity index is 840. The minimum Gasteiger partial charge on any atom is -0.466 e. The summed E-state index contributed by atoms with van der Waals surface area (Å²) in [4.78, 5) is 38.0. The highest BCUT2D eigenvalue weighted by Crippen LogP contribution is 2.27. The molecule has 0 radical (unpaired) electrons. The molecule has 1 atom stereocenters. The van der Waals surface area contributed by atoms with Crippen LogP contribution in [0, 0.1) is 5.92 Å². The standard InChI is InChI=1S/C21H26N2O4/c1-2-27-21(26)16-11-7-13-23(14-16)18-17(19(24)20(18)25)22-12-6-10-15-8-4-3-5-9-15/h3-5,8-9,16,22H,2,6-7,10-14H2,1H3/t16-/m1/s1. The number of aryl methyl sites for hydroxylation is 1. The van der Waals surface area contributed by atoms with Gasteiger partial charge in [-0.3, -0.25) is 14.4 Å². The summed E-state index contributed by atoms with van der Waals surface area (Å²) >= 11 is 0. The van der Waals surface area contributed by atoms with Gasteiger partial charge in [0, 0.05) is 19.6 Å². The van der Waals surface area contributed by atoms with Crippen LogP contribution in [0.4, 0.5) is 11.4 Å². The van der Waals surface area contributed by atoms with E-state index in [9.17, 15) is 14.4 Å². The Morgan fingerprint density at radius 2 is 2.00 bits per heavy atom. The summed E-state index contributed by atoms with van der Waals surface area (Å²) in [7, 11) is 0. The van der Waals surface area contributed by atoms with Gasteiger partial charge >= 0.3 is 5.97 Å². The third kappa shape index (κ3) is 4.38. The molecule has 3 rings (SSSR count). The zero-order valence-corrected chi connectivity index (χ0v) is 15.7. The fourth-order valence-corrected chi connectivity index (χ4v) is 3.63. The number of nitrogens with one attached hydrogen (secondary N) is 1. The summed E-state index contributed by atoms with van der Waals surface area (Å²) in [5, 5.41) is 3.14. The molecular formula is C21H26N2O4. The highest BCUT2D eigenvalue weighted by molar-refractivity contribution is 5.78. The Morgan fingerprint density at radius 3 is 2.74 bits per heavy atom. The molecule has 1 N–H and O–H groups in total. The van der Waals surface area contributed by atoms with E-state index in [1.807, 2.05) is 23.1 Å². The van der Waals surface area contributed by atoms with Crippen molar-refractivity contribution in [2.24, 2.45) is 5.92 Å². The van der Waals surface area contributed by atoms with Crippen molar-refractivity contribution in [3.8, 4) is 0 Å². The number of carbonyl (C=O) groups excluding carboxylic acids is 1. The molecule has 1 heterocycles. The molecule has 0 spiro atoms. The van der Waals surface area contributed by atoms with Crippen molar-refractivity contribution in [2.45, 2.75) is 32.6 Å². The molecule has 27 heavy (non-hydrogen) atoms. The molecule has 2 aromatic carbocycles. The fraction of sp³-hybridized carbons (Fsp3) is 0.476. The number of hydrogen-bond acceptors (Lipinski definition) is 6. The van der Waals surface area contributed by atoms with Crippen LogP contribution in [0.15, 0.2) is 39.9 Å². The number of ether oxygens (including phenoxy) is 1. The van der Waals surface area contributed by atoms with Gasteiger partial charge in [0.2, 0.25) is 0 Å². The Hall–Kier alpha value is -2.63. The first-order chi connectivity index (χ1) is 13.1. The third-order valence-corrected chi connectivity index (χ3v) is 5.03. The Morgan fingerprint density at radius 1 is 1.22 bits per heavy atom. The zero-order valence-electron chi connectivity index (χ0n) is 15.7. The van der Waals surface area contributed by atoms with Crippen LogP contribution in [-0.4, -0.2) is 32.2 Å². The molecule has 0 unspecified atom stereocenters. The lowest BCUT2D eigenvalue weighted by molar-refractivity contribution is -0.148. The molecule has 6 heteroatoms. The summed E-state index contributed by atoms with van der Waals surface area (Å²) in [5.41, 5.74) is 1.18. The molecule has 1 saturated heterocycles. The number of piperidine rings is 1. The molecule has 1 fully saturated rings. The molecule has 0 bridgehead atoms. The van der Waals surface area contributed by atoms with E-state index < -0.39 is 10.9 Å². The van der Waals surface area contributed by atoms with E-state index in [2.05, 4.69) is 17.4 Å². The van der Waals surface area contributed by atoms with E-state index in [4.69, 9.17) is 4.74 Å². The van der Waals surface area contributed by atoms with Gasteiger partial charge < -0.3 is 15.0 Å². The van der Waals surface area contributed by atoms with Gasteiger partial charge in [-0.15, -0.1) is 0 Å². The largest absolute Gasteiger partial charge is 0.466 e. The molecular weight excluding hydrogens is 344 g/mol. The summed E-state index contributed by atoms with van der Waals surface area (Å²) in [6.07, 6.45) is 3.33. The van der Waals surface area contributed by atoms with Crippen LogP contribution in [0.1, 0.15) is 31.7 Å². The average Bonchev–Trinajstić information content (AvgIpc) is 2.70. The topological polar surface area (TPSA) is 75.7 Å². The van der Waals surface area contributed by atoms with Gasteiger partial charge in [0.15, 0.2) is 0 Å². The number of carbonyl (C=O) groups is 1. The molecule has 1 aliphatic rings. The van der Waals surface area contributed by atoms with Crippen LogP contribution in [-0.2, 0) is 16.0 Å². The van der Waals surface area contributed by atoms with Gasteiger partial charge in [-0.25, -0.2) is 0 Å². The summed E-state index contributed by atoms with van der Waals surface area (Å²) < 4.78 is 5.11. The molecule has 144 valence electrons. The van der Waals surface area contributed by atoms with Crippen molar-refractivity contribution in [2.75, 3.05) is 36.5 Å². The van der Waals surface area contributed by atoms with Crippen LogP contribution in [0.5, 0.6) is 0 Å². The third-order valence-electron chi connectivity index (χ3n) is 5.03. The predicted molar refractivity (Wildman–Crippen MR) is 106 cm³/mol. The van der Waals surface area contributed by atoms with Crippen molar-refractivity contribution < 1.29 is 9.53 Å². The lowest BCUT2D eigenvalue weighted by atomic mass is 9.96. The van der Waals surface area contributed by atoms with E-state index in [-0.39, 0.29) is 11.9 Å². The molecule has 0 amide bonds. The second kappa shape index (κ2) is 8.84. The Balaban J connectivity index is 1.59. The maximum atomic E-state index is 12.1. The van der Waals surface area contributed by atoms with Gasteiger partial charge in [0.1, 0.15) is 11.4 Å². The maximum Gasteiger partial charge on any atom is 0.310 e. The predicted octanol–water partition coefficient (Wildman–Crippen LogP) is 2.11. The SMILES string of the molecule is CCOC(=O)[C@@H]1CCCN(c2c(NCCCc3ccccc3)c(=O)c2=O)C1. The summed E-state index contributed by atoms with van der Waals surface area (Å²) in [6.45, 7) is 3.88. The summed E-state index contributed by atoms with van der Waals surface area (Å²) in [6, 6.07) is 10.2. The zero-order chi connectivity index (χ0) is 19.2. The monoisotopic (exact) mass is 370 g/mol. The number of esters is 1. The normalized spacial score (nSPS) is 17.1. The number of hydrogen-bond donors (Lipinski definition) is 1. The minimum atomic E-state index is -0.456. The number of benzene rings is 1. The second-order valence-corrected chi connectivity index (χ2v) is 6.93. The molecule has 6 nitrogen and oxygen atoms in total. The van der Waals surface area contributed by atoms with E-state index >= 15 is 0 Å². The Labute approximate surface area is 158 Å². The number of anilines is 2. The van der Waals surface area contributed by atoms with Crippen molar-refractivity contribution >= 4 is 17.3 Å². The first-order valence-corrected chi connectivity index (χ1v) is 9.64. The second-order valence-electron chi connectivity index (χ2n) is 6.93. The lowest BCUT2D eigenvalue weighted by Crippen LogP contribution is -2.47. The van der Waals surface area contributed by atoms with Crippen molar-refractivity contribution in [1.82, 2.24) is 0 Å². The van der Waals surface area contributed by atoms with Crippen molar-refractivity contribution in [1.29, 1.82) is 0 Å². The highest BCUT2D eigenvalue weighted by atomic mass is 16.5. The fourth-order valence-electron chi connectivity index (χ4n) is 3.63. The van der Waals surface area contributed by atoms with Crippen LogP contribution < -0.4 is 21.1 Å². The first kappa shape index (κ1) is 19.1. The van der Waals surface area contributed by atoms with Gasteiger partial charge in [-0.2, -0.15) is 0 Å². The van der Waals surface area contributed by atoms with E-state index in [0.717, 1.165) is 25.7 Å². The highest BCUT2D eigenvalue weighted by Gasteiger charge is 2.32. The maximum absolute atomic E-state index is 12.1. The number of rotatable bonds is 8. The van der Waals surface area contributed by atoms with Gasteiger partial charge in [-0.1, -0.05) is 30.3 Å². The van der Waals surface area contributed by atoms with Crippen LogP contribution >= 0.6 is 0 Å². The van der Waals surface area contributed by atoms with Gasteiger partial charge in [0.25, 0.3) is 10.9 Å². The van der Waals surface area contributed by atoms with Crippen molar-refractivity contribution in [3.05, 3.63) is 56.3 Å². The quantitative estimate of drug-likeness (QED) is 0.436. The number of nitrogens with zero attached hydrogens (tertiary/aromatic N) is 1. The summed E-state index contributed by atoms with van der Waals surface area (Å²) in [5.74, 6) is -0.465. The van der Waals surface area contributed by atoms with Gasteiger partial charge in [0.05, 0.1) is 12.5 Å². The lowest BCUT2D eigenvalue weighted by Gasteiger charge is -2.34. The van der Waals surface area contributed by atoms with Crippen LogP contribution in [0.3, 0.4) is 0 Å². The smallest absolute Gasteiger partial charge is 0.310 e. The van der Waals surface area contributed by atoms with Crippen LogP contribution in [0.25, 0.3) is 0 Å². The minimum absolute atomic E-state index is 0.224. The van der Waals surface area contributed by atoms with Gasteiger partial charge in [-0.05, 0) is 38.2 Å². The molecule has 0 aromatic heterocycles. The molecule has 0 saturated carbocycles. The van der Waals surface area contributed by atoms with Crippen molar-refractivity contribution in [3.63, 3.8) is 0 Å². The Kier molecular flexibility index (Phi) is 6.27. The average molecular weight is 370 g/mol. The van der Waals surface area contributed by atoms with E-state index in [0.29, 0.717) is 37.6 Å². The first-order valence-electron chi connectivity index (χ1n) is 9.64. The molecule has 1 aliphatic heterocycles. The molecule has 0 aliphatic carbocycles. The van der Waals surface area contributed by atoms with E-state index in [1.54, 1.807) is 6.92 Å².